The first kappa shape index (κ1) is 20.2. The lowest BCUT2D eigenvalue weighted by Crippen LogP contribution is -2.34. The highest BCUT2D eigenvalue weighted by molar-refractivity contribution is 9.10. The first-order valence-corrected chi connectivity index (χ1v) is 9.81. The van der Waals surface area contributed by atoms with Crippen LogP contribution in [0.3, 0.4) is 0 Å². The minimum atomic E-state index is -0.124. The molecule has 1 atom stereocenters. The van der Waals surface area contributed by atoms with E-state index in [1.165, 1.54) is 0 Å². The molecule has 3 rings (SSSR count). The molecule has 1 unspecified atom stereocenters. The number of amides is 1. The van der Waals surface area contributed by atoms with Gasteiger partial charge in [-0.25, -0.2) is 0 Å². The molecule has 3 aromatic rings. The van der Waals surface area contributed by atoms with Gasteiger partial charge in [-0.15, -0.1) is 0 Å². The summed E-state index contributed by atoms with van der Waals surface area (Å²) in [6.07, 6.45) is 3.80. The van der Waals surface area contributed by atoms with Crippen molar-refractivity contribution in [1.82, 2.24) is 25.0 Å². The largest absolute Gasteiger partial charge is 0.350 e. The molecule has 146 valence electrons. The second-order valence-electron chi connectivity index (χ2n) is 6.98. The number of hydrogen-bond donors (Lipinski definition) is 1. The Morgan fingerprint density at radius 1 is 1.29 bits per heavy atom. The van der Waals surface area contributed by atoms with Gasteiger partial charge >= 0.3 is 0 Å². The molecule has 0 aliphatic heterocycles. The number of benzene rings is 1. The van der Waals surface area contributed by atoms with Crippen molar-refractivity contribution in [1.29, 1.82) is 0 Å². The number of nitrogens with zero attached hydrogens (tertiary/aromatic N) is 4. The summed E-state index contributed by atoms with van der Waals surface area (Å²) in [6, 6.07) is 11.7. The molecule has 0 saturated carbocycles. The maximum absolute atomic E-state index is 12.7. The molecular weight excluding hydrogens is 418 g/mol. The summed E-state index contributed by atoms with van der Waals surface area (Å²) in [5, 5.41) is 7.26. The fraction of sp³-hybridized carbons (Fsp3) is 0.286. The zero-order valence-electron chi connectivity index (χ0n) is 16.5. The van der Waals surface area contributed by atoms with Crippen LogP contribution in [0.25, 0.3) is 11.3 Å². The summed E-state index contributed by atoms with van der Waals surface area (Å²) in [5.41, 5.74) is 4.21. The molecule has 1 N–H and O–H groups in total. The van der Waals surface area contributed by atoms with Crippen LogP contribution in [0.5, 0.6) is 0 Å². The minimum absolute atomic E-state index is 0.0480. The monoisotopic (exact) mass is 441 g/mol. The van der Waals surface area contributed by atoms with Gasteiger partial charge in [0.25, 0.3) is 5.91 Å². The molecule has 6 nitrogen and oxygen atoms in total. The van der Waals surface area contributed by atoms with Gasteiger partial charge in [-0.3, -0.25) is 14.5 Å². The number of aryl methyl sites for hydroxylation is 2. The van der Waals surface area contributed by atoms with Crippen molar-refractivity contribution in [2.75, 3.05) is 20.6 Å². The van der Waals surface area contributed by atoms with Gasteiger partial charge in [-0.05, 0) is 45.3 Å². The lowest BCUT2D eigenvalue weighted by atomic mass is 10.1. The summed E-state index contributed by atoms with van der Waals surface area (Å²) >= 11 is 3.48. The number of carbonyl (C=O) groups is 1. The third kappa shape index (κ3) is 4.66. The number of likely N-dealkylation sites (N-methyl/N-ethyl adjacent to an activating group) is 1. The third-order valence-corrected chi connectivity index (χ3v) is 5.13. The summed E-state index contributed by atoms with van der Waals surface area (Å²) in [4.78, 5) is 19.4. The van der Waals surface area contributed by atoms with Gasteiger partial charge in [0.05, 0.1) is 29.2 Å². The highest BCUT2D eigenvalue weighted by Gasteiger charge is 2.18. The molecule has 0 fully saturated rings. The van der Waals surface area contributed by atoms with E-state index in [0.29, 0.717) is 17.8 Å². The van der Waals surface area contributed by atoms with Crippen LogP contribution in [-0.2, 0) is 7.05 Å². The molecule has 1 amide bonds. The Labute approximate surface area is 173 Å². The van der Waals surface area contributed by atoms with Gasteiger partial charge in [0.1, 0.15) is 0 Å². The number of rotatable bonds is 6. The van der Waals surface area contributed by atoms with E-state index in [1.807, 2.05) is 76.9 Å². The number of halogens is 1. The molecule has 7 heteroatoms. The van der Waals surface area contributed by atoms with Crippen LogP contribution < -0.4 is 5.32 Å². The SMILES string of the molecule is Cc1nc(-c2cccc(Br)c2)ccc1C(=O)NCC(c1cnn(C)c1)N(C)C. The number of carbonyl (C=O) groups excluding carboxylic acids is 1. The summed E-state index contributed by atoms with van der Waals surface area (Å²) in [5.74, 6) is -0.124. The van der Waals surface area contributed by atoms with Gasteiger partial charge in [0, 0.05) is 35.4 Å². The average Bonchev–Trinajstić information content (AvgIpc) is 3.07. The van der Waals surface area contributed by atoms with Crippen LogP contribution >= 0.6 is 15.9 Å². The lowest BCUT2D eigenvalue weighted by molar-refractivity contribution is 0.0941. The molecule has 0 saturated heterocycles. The topological polar surface area (TPSA) is 63.1 Å². The van der Waals surface area contributed by atoms with Crippen LogP contribution in [0.1, 0.15) is 27.7 Å². The van der Waals surface area contributed by atoms with Crippen LogP contribution in [-0.4, -0.2) is 46.2 Å². The van der Waals surface area contributed by atoms with Crippen molar-refractivity contribution < 1.29 is 4.79 Å². The molecule has 0 spiro atoms. The third-order valence-electron chi connectivity index (χ3n) is 4.64. The molecule has 0 aliphatic carbocycles. The van der Waals surface area contributed by atoms with E-state index >= 15 is 0 Å². The number of nitrogens with one attached hydrogen (secondary N) is 1. The Bertz CT molecular complexity index is 982. The van der Waals surface area contributed by atoms with E-state index < -0.39 is 0 Å². The summed E-state index contributed by atoms with van der Waals surface area (Å²) in [7, 11) is 5.86. The van der Waals surface area contributed by atoms with Gasteiger partial charge in [-0.1, -0.05) is 28.1 Å². The molecule has 0 bridgehead atoms. The summed E-state index contributed by atoms with van der Waals surface area (Å²) in [6.45, 7) is 2.35. The van der Waals surface area contributed by atoms with Crippen LogP contribution in [0, 0.1) is 6.92 Å². The molecule has 28 heavy (non-hydrogen) atoms. The Kier molecular flexibility index (Phi) is 6.26. The number of hydrogen-bond acceptors (Lipinski definition) is 4. The van der Waals surface area contributed by atoms with E-state index in [-0.39, 0.29) is 11.9 Å². The van der Waals surface area contributed by atoms with Crippen molar-refractivity contribution >= 4 is 21.8 Å². The van der Waals surface area contributed by atoms with E-state index in [9.17, 15) is 4.79 Å². The maximum Gasteiger partial charge on any atom is 0.253 e. The number of pyridine rings is 1. The lowest BCUT2D eigenvalue weighted by Gasteiger charge is -2.23. The first-order valence-electron chi connectivity index (χ1n) is 9.02. The Morgan fingerprint density at radius 2 is 2.07 bits per heavy atom. The van der Waals surface area contributed by atoms with Gasteiger partial charge in [0.2, 0.25) is 0 Å². The van der Waals surface area contributed by atoms with Gasteiger partial charge in [-0.2, -0.15) is 5.10 Å². The van der Waals surface area contributed by atoms with Crippen LogP contribution in [0.2, 0.25) is 0 Å². The minimum Gasteiger partial charge on any atom is -0.350 e. The fourth-order valence-corrected chi connectivity index (χ4v) is 3.50. The smallest absolute Gasteiger partial charge is 0.253 e. The van der Waals surface area contributed by atoms with Crippen molar-refractivity contribution in [3.63, 3.8) is 0 Å². The first-order chi connectivity index (χ1) is 13.3. The summed E-state index contributed by atoms with van der Waals surface area (Å²) < 4.78 is 2.76. The fourth-order valence-electron chi connectivity index (χ4n) is 3.10. The predicted octanol–water partition coefficient (Wildman–Crippen LogP) is 3.59. The van der Waals surface area contributed by atoms with Crippen molar-refractivity contribution in [2.24, 2.45) is 7.05 Å². The van der Waals surface area contributed by atoms with Crippen molar-refractivity contribution in [3.05, 3.63) is 70.1 Å². The second kappa shape index (κ2) is 8.67. The predicted molar refractivity (Wildman–Crippen MR) is 114 cm³/mol. The van der Waals surface area contributed by atoms with Gasteiger partial charge in [0.15, 0.2) is 0 Å². The molecule has 2 aromatic heterocycles. The zero-order valence-corrected chi connectivity index (χ0v) is 18.1. The quantitative estimate of drug-likeness (QED) is 0.634. The molecular formula is C21H24BrN5O. The molecule has 0 aliphatic rings. The van der Waals surface area contributed by atoms with E-state index in [2.05, 4.69) is 36.2 Å². The second-order valence-corrected chi connectivity index (χ2v) is 7.89. The highest BCUT2D eigenvalue weighted by atomic mass is 79.9. The van der Waals surface area contributed by atoms with Gasteiger partial charge < -0.3 is 10.2 Å². The standard InChI is InChI=1S/C21H24BrN5O/c1-14-18(8-9-19(25-14)15-6-5-7-17(22)10-15)21(28)23-12-20(26(2)3)16-11-24-27(4)13-16/h5-11,13,20H,12H2,1-4H3,(H,23,28). The van der Waals surface area contributed by atoms with Crippen molar-refractivity contribution in [2.45, 2.75) is 13.0 Å². The number of aromatic nitrogens is 3. The Morgan fingerprint density at radius 3 is 2.68 bits per heavy atom. The average molecular weight is 442 g/mol. The highest BCUT2D eigenvalue weighted by Crippen LogP contribution is 2.23. The maximum atomic E-state index is 12.7. The van der Waals surface area contributed by atoms with Crippen molar-refractivity contribution in [3.8, 4) is 11.3 Å². The Balaban J connectivity index is 1.73. The molecule has 2 heterocycles. The van der Waals surface area contributed by atoms with Crippen LogP contribution in [0.4, 0.5) is 0 Å². The normalized spacial score (nSPS) is 12.2. The molecule has 0 radical (unpaired) electrons. The molecule has 1 aromatic carbocycles. The van der Waals surface area contributed by atoms with E-state index in [0.717, 1.165) is 21.3 Å². The van der Waals surface area contributed by atoms with E-state index in [4.69, 9.17) is 0 Å². The van der Waals surface area contributed by atoms with E-state index in [1.54, 1.807) is 4.68 Å². The zero-order chi connectivity index (χ0) is 20.3. The Hall–Kier alpha value is -2.51. The van der Waals surface area contributed by atoms with Crippen LogP contribution in [0.15, 0.2) is 53.3 Å².